The van der Waals surface area contributed by atoms with Crippen LogP contribution in [-0.2, 0) is 9.84 Å². The molecule has 0 aliphatic carbocycles. The predicted octanol–water partition coefficient (Wildman–Crippen LogP) is 0.157. The molecule has 0 rings (SSSR count). The highest BCUT2D eigenvalue weighted by Gasteiger charge is 2.21. The quantitative estimate of drug-likeness (QED) is 0.648. The van der Waals surface area contributed by atoms with Crippen LogP contribution in [0.3, 0.4) is 0 Å². The van der Waals surface area contributed by atoms with E-state index >= 15 is 0 Å². The molecule has 10 heavy (non-hydrogen) atoms. The molecule has 0 aliphatic heterocycles. The third kappa shape index (κ3) is 2.66. The molecule has 0 heterocycles. The summed E-state index contributed by atoms with van der Waals surface area (Å²) in [5, 5.41) is -0.382. The number of hydrogen-bond donors (Lipinski definition) is 1. The number of hydrogen-bond acceptors (Lipinski definition) is 3. The minimum Gasteiger partial charge on any atom is -0.327 e. The Morgan fingerprint density at radius 3 is 1.90 bits per heavy atom. The van der Waals surface area contributed by atoms with Gasteiger partial charge in [0.1, 0.15) is 0 Å². The Balaban J connectivity index is 4.38. The summed E-state index contributed by atoms with van der Waals surface area (Å²) in [7, 11) is -2.94. The smallest absolute Gasteiger partial charge is 0.151 e. The molecule has 0 radical (unpaired) electrons. The van der Waals surface area contributed by atoms with Gasteiger partial charge in [0, 0.05) is 12.3 Å². The van der Waals surface area contributed by atoms with Gasteiger partial charge in [-0.2, -0.15) is 0 Å². The molecule has 0 bridgehead atoms. The zero-order valence-corrected chi connectivity index (χ0v) is 7.48. The van der Waals surface area contributed by atoms with Crippen molar-refractivity contribution in [1.29, 1.82) is 0 Å². The molecular formula is C6H15NO2S. The number of nitrogens with two attached hydrogens (primary N) is 1. The summed E-state index contributed by atoms with van der Waals surface area (Å²) in [6.45, 7) is 3.55. The number of rotatable bonds is 3. The molecular weight excluding hydrogens is 150 g/mol. The summed E-state index contributed by atoms with van der Waals surface area (Å²) < 4.78 is 21.8. The third-order valence-corrected chi connectivity index (χ3v) is 3.40. The Morgan fingerprint density at radius 2 is 1.90 bits per heavy atom. The van der Waals surface area contributed by atoms with Gasteiger partial charge in [-0.3, -0.25) is 0 Å². The molecule has 4 heteroatoms. The lowest BCUT2D eigenvalue weighted by Gasteiger charge is -2.15. The molecule has 0 saturated heterocycles. The van der Waals surface area contributed by atoms with Crippen molar-refractivity contribution in [3.8, 4) is 0 Å². The molecule has 0 fully saturated rings. The SMILES string of the molecule is CCC(C(C)N)S(C)(=O)=O. The van der Waals surface area contributed by atoms with Gasteiger partial charge in [-0.15, -0.1) is 0 Å². The predicted molar refractivity (Wildman–Crippen MR) is 42.6 cm³/mol. The first kappa shape index (κ1) is 9.91. The minimum absolute atomic E-state index is 0.264. The fourth-order valence-corrected chi connectivity index (χ4v) is 2.45. The van der Waals surface area contributed by atoms with Gasteiger partial charge in [0.05, 0.1) is 5.25 Å². The van der Waals surface area contributed by atoms with Gasteiger partial charge in [0.2, 0.25) is 0 Å². The lowest BCUT2D eigenvalue weighted by Crippen LogP contribution is -2.37. The molecule has 2 atom stereocenters. The zero-order chi connectivity index (χ0) is 8.36. The average molecular weight is 165 g/mol. The first-order valence-corrected chi connectivity index (χ1v) is 5.29. The standard InChI is InChI=1S/C6H15NO2S/c1-4-6(5(2)7)10(3,8)9/h5-6H,4,7H2,1-3H3. The van der Waals surface area contributed by atoms with Crippen molar-refractivity contribution < 1.29 is 8.42 Å². The van der Waals surface area contributed by atoms with E-state index in [-0.39, 0.29) is 11.3 Å². The van der Waals surface area contributed by atoms with Crippen molar-refractivity contribution in [2.75, 3.05) is 6.26 Å². The normalized spacial score (nSPS) is 18.4. The van der Waals surface area contributed by atoms with Crippen molar-refractivity contribution in [3.05, 3.63) is 0 Å². The van der Waals surface area contributed by atoms with Gasteiger partial charge >= 0.3 is 0 Å². The summed E-state index contributed by atoms with van der Waals surface area (Å²) in [5.41, 5.74) is 5.45. The van der Waals surface area contributed by atoms with Crippen LogP contribution in [0.4, 0.5) is 0 Å². The van der Waals surface area contributed by atoms with Crippen LogP contribution in [0.5, 0.6) is 0 Å². The lowest BCUT2D eigenvalue weighted by atomic mass is 10.2. The van der Waals surface area contributed by atoms with E-state index in [1.165, 1.54) is 6.26 Å². The monoisotopic (exact) mass is 165 g/mol. The van der Waals surface area contributed by atoms with E-state index in [1.807, 2.05) is 6.92 Å². The summed E-state index contributed by atoms with van der Waals surface area (Å²) in [4.78, 5) is 0. The first-order chi connectivity index (χ1) is 4.39. The van der Waals surface area contributed by atoms with Gasteiger partial charge in [0.15, 0.2) is 9.84 Å². The zero-order valence-electron chi connectivity index (χ0n) is 6.66. The van der Waals surface area contributed by atoms with E-state index in [9.17, 15) is 8.42 Å². The van der Waals surface area contributed by atoms with Crippen LogP contribution < -0.4 is 5.73 Å². The van der Waals surface area contributed by atoms with Crippen LogP contribution in [0, 0.1) is 0 Å². The van der Waals surface area contributed by atoms with Crippen LogP contribution >= 0.6 is 0 Å². The van der Waals surface area contributed by atoms with E-state index in [2.05, 4.69) is 0 Å². The van der Waals surface area contributed by atoms with Gasteiger partial charge < -0.3 is 5.73 Å². The van der Waals surface area contributed by atoms with Gasteiger partial charge in [-0.25, -0.2) is 8.42 Å². The number of sulfone groups is 1. The minimum atomic E-state index is -2.94. The fourth-order valence-electron chi connectivity index (χ4n) is 1.06. The molecule has 0 saturated carbocycles. The van der Waals surface area contributed by atoms with E-state index < -0.39 is 9.84 Å². The van der Waals surface area contributed by atoms with Gasteiger partial charge in [-0.05, 0) is 13.3 Å². The Hall–Kier alpha value is -0.0900. The Kier molecular flexibility index (Phi) is 3.31. The highest BCUT2D eigenvalue weighted by atomic mass is 32.2. The molecule has 2 unspecified atom stereocenters. The van der Waals surface area contributed by atoms with Crippen LogP contribution in [0.25, 0.3) is 0 Å². The maximum absolute atomic E-state index is 10.9. The van der Waals surface area contributed by atoms with Crippen LogP contribution in [-0.4, -0.2) is 26.0 Å². The molecule has 0 aromatic heterocycles. The van der Waals surface area contributed by atoms with Crippen LogP contribution in [0.15, 0.2) is 0 Å². The second kappa shape index (κ2) is 3.34. The maximum atomic E-state index is 10.9. The van der Waals surface area contributed by atoms with E-state index in [4.69, 9.17) is 5.73 Å². The topological polar surface area (TPSA) is 60.2 Å². The lowest BCUT2D eigenvalue weighted by molar-refractivity contribution is 0.558. The van der Waals surface area contributed by atoms with Crippen molar-refractivity contribution >= 4 is 9.84 Å². The highest BCUT2D eigenvalue weighted by Crippen LogP contribution is 2.06. The van der Waals surface area contributed by atoms with Crippen LogP contribution in [0.1, 0.15) is 20.3 Å². The molecule has 0 aromatic carbocycles. The Morgan fingerprint density at radius 1 is 1.50 bits per heavy atom. The first-order valence-electron chi connectivity index (χ1n) is 3.34. The second-order valence-electron chi connectivity index (χ2n) is 2.64. The summed E-state index contributed by atoms with van der Waals surface area (Å²) >= 11 is 0. The fraction of sp³-hybridized carbons (Fsp3) is 1.00. The van der Waals surface area contributed by atoms with Crippen molar-refractivity contribution in [2.45, 2.75) is 31.6 Å². The molecule has 0 spiro atoms. The van der Waals surface area contributed by atoms with E-state index in [0.717, 1.165) is 0 Å². The van der Waals surface area contributed by atoms with Crippen molar-refractivity contribution in [2.24, 2.45) is 5.73 Å². The van der Waals surface area contributed by atoms with Gasteiger partial charge in [0.25, 0.3) is 0 Å². The van der Waals surface area contributed by atoms with Gasteiger partial charge in [-0.1, -0.05) is 6.92 Å². The molecule has 3 nitrogen and oxygen atoms in total. The molecule has 0 aromatic rings. The van der Waals surface area contributed by atoms with Crippen molar-refractivity contribution in [1.82, 2.24) is 0 Å². The molecule has 0 aliphatic rings. The van der Waals surface area contributed by atoms with Crippen LogP contribution in [0.2, 0.25) is 0 Å². The Labute approximate surface area is 62.5 Å². The summed E-state index contributed by atoms with van der Waals surface area (Å²) in [6, 6.07) is -0.264. The van der Waals surface area contributed by atoms with E-state index in [0.29, 0.717) is 6.42 Å². The van der Waals surface area contributed by atoms with Crippen molar-refractivity contribution in [3.63, 3.8) is 0 Å². The molecule has 2 N–H and O–H groups in total. The summed E-state index contributed by atoms with van der Waals surface area (Å²) in [5.74, 6) is 0. The maximum Gasteiger partial charge on any atom is 0.151 e. The Bertz CT molecular complexity index is 184. The third-order valence-electron chi connectivity index (χ3n) is 1.54. The molecule has 62 valence electrons. The summed E-state index contributed by atoms with van der Waals surface area (Å²) in [6.07, 6.45) is 1.82. The largest absolute Gasteiger partial charge is 0.327 e. The second-order valence-corrected chi connectivity index (χ2v) is 4.90. The highest BCUT2D eigenvalue weighted by molar-refractivity contribution is 7.91. The average Bonchev–Trinajstić information content (AvgIpc) is 1.60. The molecule has 0 amide bonds. The van der Waals surface area contributed by atoms with E-state index in [1.54, 1.807) is 6.92 Å².